The lowest BCUT2D eigenvalue weighted by Crippen LogP contribution is -2.09. The van der Waals surface area contributed by atoms with Crippen LogP contribution in [0.15, 0.2) is 35.3 Å². The Balaban J connectivity index is 3.11. The van der Waals surface area contributed by atoms with Gasteiger partial charge in [0.05, 0.1) is 4.92 Å². The number of hydrogen-bond donors (Lipinski definition) is 1. The van der Waals surface area contributed by atoms with Crippen molar-refractivity contribution in [1.29, 1.82) is 0 Å². The molecule has 1 aromatic carbocycles. The monoisotopic (exact) mass is 270 g/mol. The zero-order chi connectivity index (χ0) is 11.4. The third-order valence-electron chi connectivity index (χ3n) is 1.60. The molecule has 0 fully saturated rings. The van der Waals surface area contributed by atoms with E-state index in [9.17, 15) is 14.9 Å². The average Bonchev–Trinajstić information content (AvgIpc) is 2.20. The molecule has 0 saturated carbocycles. The highest BCUT2D eigenvalue weighted by molar-refractivity contribution is 9.10. The van der Waals surface area contributed by atoms with E-state index in [4.69, 9.17) is 0 Å². The fraction of sp³-hybridized carbons (Fsp3) is 0. The van der Waals surface area contributed by atoms with Crippen molar-refractivity contribution in [1.82, 2.24) is 0 Å². The topological polar surface area (TPSA) is 72.2 Å². The van der Waals surface area contributed by atoms with Gasteiger partial charge in [-0.1, -0.05) is 22.5 Å². The van der Waals surface area contributed by atoms with Gasteiger partial charge >= 0.3 is 0 Å². The van der Waals surface area contributed by atoms with Crippen LogP contribution in [0.2, 0.25) is 0 Å². The van der Waals surface area contributed by atoms with Crippen molar-refractivity contribution in [3.05, 3.63) is 45.4 Å². The Morgan fingerprint density at radius 2 is 2.27 bits per heavy atom. The van der Waals surface area contributed by atoms with Gasteiger partial charge in [-0.25, -0.2) is 0 Å². The van der Waals surface area contributed by atoms with Crippen LogP contribution in [0.3, 0.4) is 0 Å². The first-order valence-electron chi connectivity index (χ1n) is 3.92. The zero-order valence-electron chi connectivity index (χ0n) is 7.57. The van der Waals surface area contributed by atoms with Gasteiger partial charge in [-0.2, -0.15) is 0 Å². The van der Waals surface area contributed by atoms with Crippen LogP contribution < -0.4 is 5.32 Å². The van der Waals surface area contributed by atoms with Crippen LogP contribution >= 0.6 is 15.9 Å². The van der Waals surface area contributed by atoms with Crippen LogP contribution in [0.4, 0.5) is 11.4 Å². The lowest BCUT2D eigenvalue weighted by molar-refractivity contribution is -0.384. The van der Waals surface area contributed by atoms with Gasteiger partial charge < -0.3 is 5.32 Å². The summed E-state index contributed by atoms with van der Waals surface area (Å²) in [4.78, 5) is 21.1. The normalized spacial score (nSPS) is 9.40. The van der Waals surface area contributed by atoms with Crippen molar-refractivity contribution < 1.29 is 9.72 Å². The summed E-state index contributed by atoms with van der Waals surface area (Å²) in [6.07, 6.45) is 1.05. The Morgan fingerprint density at radius 1 is 1.60 bits per heavy atom. The standard InChI is InChI=1S/C9H7BrN2O3/c1-2-9(13)11-7-4-3-6(10)5-8(7)12(14)15/h2-5H,1H2,(H,11,13). The summed E-state index contributed by atoms with van der Waals surface area (Å²) in [7, 11) is 0. The Hall–Kier alpha value is -1.69. The predicted octanol–water partition coefficient (Wildman–Crippen LogP) is 2.48. The molecule has 0 aromatic heterocycles. The molecule has 1 rings (SSSR count). The Bertz CT molecular complexity index is 431. The molecule has 0 aliphatic carbocycles. The van der Waals surface area contributed by atoms with Crippen LogP contribution in [0.25, 0.3) is 0 Å². The molecule has 1 aromatic rings. The Morgan fingerprint density at radius 3 is 2.80 bits per heavy atom. The largest absolute Gasteiger partial charge is 0.317 e. The molecule has 1 amide bonds. The summed E-state index contributed by atoms with van der Waals surface area (Å²) < 4.78 is 0.575. The molecule has 0 bridgehead atoms. The molecule has 0 unspecified atom stereocenters. The van der Waals surface area contributed by atoms with E-state index in [2.05, 4.69) is 27.8 Å². The van der Waals surface area contributed by atoms with E-state index in [1.165, 1.54) is 12.1 Å². The lowest BCUT2D eigenvalue weighted by atomic mass is 10.2. The summed E-state index contributed by atoms with van der Waals surface area (Å²) in [5.74, 6) is -0.486. The molecule has 5 nitrogen and oxygen atoms in total. The zero-order valence-corrected chi connectivity index (χ0v) is 9.15. The number of rotatable bonds is 3. The number of nitrogens with one attached hydrogen (secondary N) is 1. The number of amides is 1. The number of carbonyl (C=O) groups excluding carboxylic acids is 1. The van der Waals surface area contributed by atoms with Crippen molar-refractivity contribution in [3.8, 4) is 0 Å². The molecule has 0 aliphatic rings. The number of carbonyl (C=O) groups is 1. The minimum Gasteiger partial charge on any atom is -0.317 e. The van der Waals surface area contributed by atoms with Crippen molar-refractivity contribution in [2.45, 2.75) is 0 Å². The highest BCUT2D eigenvalue weighted by Crippen LogP contribution is 2.27. The number of nitro groups is 1. The van der Waals surface area contributed by atoms with E-state index in [-0.39, 0.29) is 11.4 Å². The van der Waals surface area contributed by atoms with E-state index in [0.717, 1.165) is 6.08 Å². The van der Waals surface area contributed by atoms with E-state index in [1.54, 1.807) is 6.07 Å². The van der Waals surface area contributed by atoms with Crippen molar-refractivity contribution >= 4 is 33.2 Å². The first-order chi connectivity index (χ1) is 7.04. The molecule has 1 N–H and O–H groups in total. The molecule has 0 radical (unpaired) electrons. The van der Waals surface area contributed by atoms with E-state index in [1.807, 2.05) is 0 Å². The highest BCUT2D eigenvalue weighted by Gasteiger charge is 2.14. The predicted molar refractivity (Wildman–Crippen MR) is 59.6 cm³/mol. The first-order valence-corrected chi connectivity index (χ1v) is 4.71. The van der Waals surface area contributed by atoms with Gasteiger partial charge in [0, 0.05) is 10.5 Å². The summed E-state index contributed by atoms with van der Waals surface area (Å²) in [5, 5.41) is 13.0. The molecule has 0 atom stereocenters. The third kappa shape index (κ3) is 2.88. The van der Waals surface area contributed by atoms with Gasteiger partial charge in [0.2, 0.25) is 5.91 Å². The maximum absolute atomic E-state index is 11.0. The van der Waals surface area contributed by atoms with Gasteiger partial charge in [-0.05, 0) is 18.2 Å². The van der Waals surface area contributed by atoms with Crippen molar-refractivity contribution in [2.75, 3.05) is 5.32 Å². The average molecular weight is 271 g/mol. The van der Waals surface area contributed by atoms with Gasteiger partial charge in [0.15, 0.2) is 0 Å². The summed E-state index contributed by atoms with van der Waals surface area (Å²) >= 11 is 3.11. The quantitative estimate of drug-likeness (QED) is 0.521. The van der Waals surface area contributed by atoms with Crippen LogP contribution in [0.5, 0.6) is 0 Å². The molecule has 0 aliphatic heterocycles. The SMILES string of the molecule is C=CC(=O)Nc1ccc(Br)cc1[N+](=O)[O-]. The second-order valence-electron chi connectivity index (χ2n) is 2.61. The summed E-state index contributed by atoms with van der Waals surface area (Å²) in [6, 6.07) is 4.37. The van der Waals surface area contributed by atoms with Crippen LogP contribution in [-0.2, 0) is 4.79 Å². The summed E-state index contributed by atoms with van der Waals surface area (Å²) in [6.45, 7) is 3.26. The molecule has 0 heterocycles. The lowest BCUT2D eigenvalue weighted by Gasteiger charge is -2.03. The van der Waals surface area contributed by atoms with Gasteiger partial charge in [0.25, 0.3) is 5.69 Å². The number of halogens is 1. The second-order valence-corrected chi connectivity index (χ2v) is 3.53. The minimum absolute atomic E-state index is 0.146. The number of nitrogens with zero attached hydrogens (tertiary/aromatic N) is 1. The fourth-order valence-electron chi connectivity index (χ4n) is 0.945. The van der Waals surface area contributed by atoms with E-state index >= 15 is 0 Å². The van der Waals surface area contributed by atoms with E-state index < -0.39 is 10.8 Å². The maximum Gasteiger partial charge on any atom is 0.293 e. The maximum atomic E-state index is 11.0. The second kappa shape index (κ2) is 4.70. The van der Waals surface area contributed by atoms with Gasteiger partial charge in [0.1, 0.15) is 5.69 Å². The molecule has 78 valence electrons. The number of benzene rings is 1. The van der Waals surface area contributed by atoms with E-state index in [0.29, 0.717) is 4.47 Å². The summed E-state index contributed by atoms with van der Waals surface area (Å²) in [5.41, 5.74) is -0.0207. The van der Waals surface area contributed by atoms with Crippen molar-refractivity contribution in [3.63, 3.8) is 0 Å². The van der Waals surface area contributed by atoms with Crippen molar-refractivity contribution in [2.24, 2.45) is 0 Å². The molecular weight excluding hydrogens is 264 g/mol. The molecular formula is C9H7BrN2O3. The van der Waals surface area contributed by atoms with Crippen LogP contribution in [0.1, 0.15) is 0 Å². The third-order valence-corrected chi connectivity index (χ3v) is 2.09. The highest BCUT2D eigenvalue weighted by atomic mass is 79.9. The Kier molecular flexibility index (Phi) is 3.56. The first kappa shape index (κ1) is 11.4. The number of hydrogen-bond acceptors (Lipinski definition) is 3. The van der Waals surface area contributed by atoms with Gasteiger partial charge in [-0.15, -0.1) is 0 Å². The molecule has 0 spiro atoms. The molecule has 15 heavy (non-hydrogen) atoms. The number of nitro benzene ring substituents is 1. The molecule has 6 heteroatoms. The van der Waals surface area contributed by atoms with Crippen LogP contribution in [0, 0.1) is 10.1 Å². The van der Waals surface area contributed by atoms with Crippen LogP contribution in [-0.4, -0.2) is 10.8 Å². The molecule has 0 saturated heterocycles. The van der Waals surface area contributed by atoms with Gasteiger partial charge in [-0.3, -0.25) is 14.9 Å². The number of anilines is 1. The Labute approximate surface area is 94.1 Å². The minimum atomic E-state index is -0.566. The fourth-order valence-corrected chi connectivity index (χ4v) is 1.29. The smallest absolute Gasteiger partial charge is 0.293 e.